The second kappa shape index (κ2) is 6.80. The van der Waals surface area contributed by atoms with Gasteiger partial charge in [-0.15, -0.1) is 0 Å². The Hall–Kier alpha value is -2.87. The van der Waals surface area contributed by atoms with Crippen LogP contribution in [0.3, 0.4) is 0 Å². The molecule has 0 saturated heterocycles. The van der Waals surface area contributed by atoms with Crippen molar-refractivity contribution in [3.63, 3.8) is 0 Å². The summed E-state index contributed by atoms with van der Waals surface area (Å²) in [5, 5.41) is 3.33. The fourth-order valence-electron chi connectivity index (χ4n) is 4.04. The van der Waals surface area contributed by atoms with Gasteiger partial charge in [0.15, 0.2) is 0 Å². The molecule has 1 aliphatic carbocycles. The van der Waals surface area contributed by atoms with E-state index in [1.54, 1.807) is 0 Å². The van der Waals surface area contributed by atoms with Gasteiger partial charge in [-0.2, -0.15) is 0 Å². The van der Waals surface area contributed by atoms with Crippen LogP contribution in [0.5, 0.6) is 0 Å². The second-order valence-electron chi connectivity index (χ2n) is 7.25. The van der Waals surface area contributed by atoms with E-state index in [0.717, 1.165) is 5.56 Å². The predicted octanol–water partition coefficient (Wildman–Crippen LogP) is 5.31. The average molecular weight is 341 g/mol. The monoisotopic (exact) mass is 341 g/mol. The molecule has 2 heteroatoms. The first-order chi connectivity index (χ1) is 12.7. The highest BCUT2D eigenvalue weighted by atomic mass is 16.2. The number of hydrogen-bond donors (Lipinski definition) is 1. The van der Waals surface area contributed by atoms with Crippen LogP contribution in [-0.2, 0) is 4.79 Å². The molecule has 0 bridgehead atoms. The third kappa shape index (κ3) is 2.82. The molecule has 0 unspecified atom stereocenters. The van der Waals surface area contributed by atoms with Gasteiger partial charge in [-0.05, 0) is 33.7 Å². The summed E-state index contributed by atoms with van der Waals surface area (Å²) in [5.74, 6) is 0.156. The van der Waals surface area contributed by atoms with Crippen LogP contribution >= 0.6 is 0 Å². The SMILES string of the molecule is CC(C)[C@H](C(=O)NC1c2ccccc2-c2ccccc21)c1ccccc1. The predicted molar refractivity (Wildman–Crippen MR) is 106 cm³/mol. The first-order valence-electron chi connectivity index (χ1n) is 9.20. The molecule has 0 fully saturated rings. The molecule has 4 rings (SSSR count). The minimum Gasteiger partial charge on any atom is -0.345 e. The van der Waals surface area contributed by atoms with Gasteiger partial charge in [0.05, 0.1) is 12.0 Å². The summed E-state index contributed by atoms with van der Waals surface area (Å²) in [6.45, 7) is 4.21. The third-order valence-corrected chi connectivity index (χ3v) is 5.23. The number of nitrogens with one attached hydrogen (secondary N) is 1. The molecule has 3 aromatic carbocycles. The molecule has 0 radical (unpaired) electrons. The molecular weight excluding hydrogens is 318 g/mol. The van der Waals surface area contributed by atoms with E-state index in [0.29, 0.717) is 0 Å². The lowest BCUT2D eigenvalue weighted by Gasteiger charge is -2.24. The molecule has 0 heterocycles. The van der Waals surface area contributed by atoms with Crippen LogP contribution in [-0.4, -0.2) is 5.91 Å². The highest BCUT2D eigenvalue weighted by molar-refractivity contribution is 5.87. The average Bonchev–Trinajstić information content (AvgIpc) is 2.97. The van der Waals surface area contributed by atoms with E-state index in [-0.39, 0.29) is 23.8 Å². The van der Waals surface area contributed by atoms with Crippen molar-refractivity contribution < 1.29 is 4.79 Å². The molecule has 2 nitrogen and oxygen atoms in total. The Labute approximate surface area is 154 Å². The number of amides is 1. The van der Waals surface area contributed by atoms with Crippen molar-refractivity contribution in [1.29, 1.82) is 0 Å². The van der Waals surface area contributed by atoms with Crippen molar-refractivity contribution in [3.8, 4) is 11.1 Å². The maximum Gasteiger partial charge on any atom is 0.228 e. The Balaban J connectivity index is 1.69. The molecule has 1 aliphatic rings. The van der Waals surface area contributed by atoms with E-state index in [1.807, 2.05) is 42.5 Å². The van der Waals surface area contributed by atoms with Gasteiger partial charge in [0, 0.05) is 0 Å². The minimum absolute atomic E-state index is 0.0835. The Morgan fingerprint density at radius 3 is 1.81 bits per heavy atom. The van der Waals surface area contributed by atoms with Crippen molar-refractivity contribution in [3.05, 3.63) is 95.6 Å². The van der Waals surface area contributed by atoms with E-state index in [2.05, 4.69) is 55.6 Å². The van der Waals surface area contributed by atoms with E-state index in [9.17, 15) is 4.79 Å². The zero-order valence-corrected chi connectivity index (χ0v) is 15.1. The summed E-state index contributed by atoms with van der Waals surface area (Å²) in [4.78, 5) is 13.2. The van der Waals surface area contributed by atoms with Crippen molar-refractivity contribution in [2.45, 2.75) is 25.8 Å². The normalized spacial score (nSPS) is 14.0. The summed E-state index contributed by atoms with van der Waals surface area (Å²) >= 11 is 0. The molecule has 1 N–H and O–H groups in total. The molecule has 1 atom stereocenters. The number of carbonyl (C=O) groups excluding carboxylic acids is 1. The quantitative estimate of drug-likeness (QED) is 0.684. The van der Waals surface area contributed by atoms with Gasteiger partial charge in [-0.3, -0.25) is 4.79 Å². The third-order valence-electron chi connectivity index (χ3n) is 5.23. The van der Waals surface area contributed by atoms with Crippen molar-refractivity contribution in [2.24, 2.45) is 5.92 Å². The van der Waals surface area contributed by atoms with Crippen LogP contribution in [0, 0.1) is 5.92 Å². The van der Waals surface area contributed by atoms with E-state index < -0.39 is 0 Å². The van der Waals surface area contributed by atoms with E-state index in [4.69, 9.17) is 0 Å². The number of rotatable bonds is 4. The molecule has 0 spiro atoms. The molecule has 130 valence electrons. The number of benzene rings is 3. The van der Waals surface area contributed by atoms with E-state index in [1.165, 1.54) is 22.3 Å². The largest absolute Gasteiger partial charge is 0.345 e. The first-order valence-corrected chi connectivity index (χ1v) is 9.20. The smallest absolute Gasteiger partial charge is 0.228 e. The summed E-state index contributed by atoms with van der Waals surface area (Å²) in [5.41, 5.74) is 5.86. The van der Waals surface area contributed by atoms with Crippen LogP contribution in [0.1, 0.15) is 42.5 Å². The summed E-state index contributed by atoms with van der Waals surface area (Å²) in [6, 6.07) is 26.7. The summed E-state index contributed by atoms with van der Waals surface area (Å²) in [7, 11) is 0. The van der Waals surface area contributed by atoms with Gasteiger partial charge in [0.25, 0.3) is 0 Å². The molecule has 26 heavy (non-hydrogen) atoms. The lowest BCUT2D eigenvalue weighted by atomic mass is 9.87. The van der Waals surface area contributed by atoms with E-state index >= 15 is 0 Å². The maximum atomic E-state index is 13.2. The highest BCUT2D eigenvalue weighted by Gasteiger charge is 2.32. The first kappa shape index (κ1) is 16.6. The lowest BCUT2D eigenvalue weighted by molar-refractivity contribution is -0.124. The van der Waals surface area contributed by atoms with Crippen molar-refractivity contribution in [1.82, 2.24) is 5.32 Å². The Kier molecular flexibility index (Phi) is 4.34. The topological polar surface area (TPSA) is 29.1 Å². The van der Waals surface area contributed by atoms with Crippen LogP contribution in [0.15, 0.2) is 78.9 Å². The summed E-state index contributed by atoms with van der Waals surface area (Å²) in [6.07, 6.45) is 0. The van der Waals surface area contributed by atoms with Crippen LogP contribution < -0.4 is 5.32 Å². The van der Waals surface area contributed by atoms with Gasteiger partial charge >= 0.3 is 0 Å². The zero-order chi connectivity index (χ0) is 18.1. The molecule has 0 aliphatic heterocycles. The molecule has 0 aromatic heterocycles. The van der Waals surface area contributed by atoms with Crippen LogP contribution in [0.2, 0.25) is 0 Å². The zero-order valence-electron chi connectivity index (χ0n) is 15.1. The Morgan fingerprint density at radius 2 is 1.27 bits per heavy atom. The van der Waals surface area contributed by atoms with Gasteiger partial charge in [0.2, 0.25) is 5.91 Å². The van der Waals surface area contributed by atoms with Crippen LogP contribution in [0.25, 0.3) is 11.1 Å². The fourth-order valence-corrected chi connectivity index (χ4v) is 4.04. The number of fused-ring (bicyclic) bond motifs is 3. The highest BCUT2D eigenvalue weighted by Crippen LogP contribution is 2.43. The standard InChI is InChI=1S/C24H23NO/c1-16(2)22(17-10-4-3-5-11-17)24(26)25-23-20-14-8-6-12-18(20)19-13-7-9-15-21(19)23/h3-16,22-23H,1-2H3,(H,25,26)/t22-/m0/s1. The van der Waals surface area contributed by atoms with Gasteiger partial charge < -0.3 is 5.32 Å². The van der Waals surface area contributed by atoms with Gasteiger partial charge in [0.1, 0.15) is 0 Å². The maximum absolute atomic E-state index is 13.2. The van der Waals surface area contributed by atoms with Crippen LogP contribution in [0.4, 0.5) is 0 Å². The molecular formula is C24H23NO. The lowest BCUT2D eigenvalue weighted by Crippen LogP contribution is -2.34. The molecule has 0 saturated carbocycles. The second-order valence-corrected chi connectivity index (χ2v) is 7.25. The summed E-state index contributed by atoms with van der Waals surface area (Å²) < 4.78 is 0. The van der Waals surface area contributed by atoms with Crippen molar-refractivity contribution in [2.75, 3.05) is 0 Å². The van der Waals surface area contributed by atoms with Gasteiger partial charge in [-0.1, -0.05) is 92.7 Å². The molecule has 1 amide bonds. The number of carbonyl (C=O) groups is 1. The van der Waals surface area contributed by atoms with Gasteiger partial charge in [-0.25, -0.2) is 0 Å². The Morgan fingerprint density at radius 1 is 0.769 bits per heavy atom. The fraction of sp³-hybridized carbons (Fsp3) is 0.208. The van der Waals surface area contributed by atoms with Crippen molar-refractivity contribution >= 4 is 5.91 Å². The minimum atomic E-state index is -0.156. The molecule has 3 aromatic rings. The Bertz CT molecular complexity index is 884. The number of hydrogen-bond acceptors (Lipinski definition) is 1.